The molecular formula is C44H57ClO10S2. The zero-order chi connectivity index (χ0) is 42.2. The second-order valence-corrected chi connectivity index (χ2v) is 16.4. The predicted octanol–water partition coefficient (Wildman–Crippen LogP) is 9.86. The third kappa shape index (κ3) is 10.6. The Morgan fingerprint density at radius 1 is 0.737 bits per heavy atom. The summed E-state index contributed by atoms with van der Waals surface area (Å²) in [5.74, 6) is -0.239. The van der Waals surface area contributed by atoms with E-state index in [0.29, 0.717) is 55.8 Å². The van der Waals surface area contributed by atoms with Crippen LogP contribution in [-0.2, 0) is 42.7 Å². The smallest absolute Gasteiger partial charge is 0.357 e. The van der Waals surface area contributed by atoms with Gasteiger partial charge in [0.2, 0.25) is 0 Å². The fraction of sp³-hybridized carbons (Fsp3) is 0.545. The Balaban J connectivity index is 0.000000228. The Kier molecular flexibility index (Phi) is 16.1. The van der Waals surface area contributed by atoms with Crippen LogP contribution >= 0.6 is 36.0 Å². The monoisotopic (exact) mass is 844 g/mol. The number of hydrogen-bond donors (Lipinski definition) is 1. The molecule has 57 heavy (non-hydrogen) atoms. The summed E-state index contributed by atoms with van der Waals surface area (Å²) < 4.78 is 38.7. The number of thiocarbonyl (C=S) groups is 2. The van der Waals surface area contributed by atoms with Gasteiger partial charge < -0.3 is 38.3 Å². The van der Waals surface area contributed by atoms with Gasteiger partial charge >= 0.3 is 17.2 Å². The molecule has 4 atom stereocenters. The van der Waals surface area contributed by atoms with Crippen LogP contribution in [0.3, 0.4) is 0 Å². The normalized spacial score (nSPS) is 24.0. The molecule has 2 heterocycles. The van der Waals surface area contributed by atoms with Gasteiger partial charge in [0.05, 0.1) is 26.4 Å². The lowest BCUT2D eigenvalue weighted by Crippen LogP contribution is -2.42. The number of aliphatic hydroxyl groups is 1. The lowest BCUT2D eigenvalue weighted by atomic mass is 9.80. The first kappa shape index (κ1) is 46.1. The maximum absolute atomic E-state index is 13.1. The van der Waals surface area contributed by atoms with E-state index in [9.17, 15) is 14.7 Å². The number of ether oxygens (including phenoxy) is 7. The molecule has 2 aliphatic carbocycles. The van der Waals surface area contributed by atoms with E-state index in [2.05, 4.69) is 29.1 Å². The number of rotatable bonds is 7. The summed E-state index contributed by atoms with van der Waals surface area (Å²) in [4.78, 5) is 25.7. The van der Waals surface area contributed by atoms with Crippen LogP contribution in [0.1, 0.15) is 110 Å². The molecule has 2 saturated carbocycles. The van der Waals surface area contributed by atoms with Gasteiger partial charge in [0.1, 0.15) is 11.1 Å². The van der Waals surface area contributed by atoms with Gasteiger partial charge in [0.25, 0.3) is 4.51 Å². The molecule has 1 N–H and O–H groups in total. The Bertz CT molecular complexity index is 1870. The van der Waals surface area contributed by atoms with Crippen LogP contribution < -0.4 is 0 Å². The number of benzene rings is 2. The first-order valence-electron chi connectivity index (χ1n) is 19.5. The number of esters is 2. The number of carbonyl (C=O) groups excluding carboxylic acids is 2. The van der Waals surface area contributed by atoms with Gasteiger partial charge in [-0.1, -0.05) is 35.4 Å². The van der Waals surface area contributed by atoms with Crippen molar-refractivity contribution in [3.05, 3.63) is 80.3 Å². The van der Waals surface area contributed by atoms with Crippen LogP contribution in [0, 0.1) is 41.5 Å². The predicted molar refractivity (Wildman–Crippen MR) is 229 cm³/mol. The Hall–Kier alpha value is -3.55. The fourth-order valence-electron chi connectivity index (χ4n) is 8.79. The first-order chi connectivity index (χ1) is 27.0. The lowest BCUT2D eigenvalue weighted by molar-refractivity contribution is -0.155. The van der Waals surface area contributed by atoms with Crippen molar-refractivity contribution in [3.8, 4) is 0 Å². The molecule has 2 spiro atoms. The van der Waals surface area contributed by atoms with E-state index < -0.39 is 17.2 Å². The van der Waals surface area contributed by atoms with Crippen LogP contribution in [0.15, 0.2) is 35.8 Å². The summed E-state index contributed by atoms with van der Waals surface area (Å²) in [5, 5.41) is 10.9. The quantitative estimate of drug-likeness (QED) is 0.162. The van der Waals surface area contributed by atoms with Crippen molar-refractivity contribution in [1.82, 2.24) is 0 Å². The standard InChI is InChI=1S/C22H28O5S.C20H26O4.C2H3ClOS/c1-6-25-16-8-7-9-22(12-16)19(26-21(28)24-5)18(20(23)27-22)17-14(3)10-13(2)11-15(17)4;1-5-23-15-7-6-8-20(11-15)18(21)17(19(22)24-20)16-13(3)9-12(2)10-14(16)4;1-4-2(3)5/h10-11,16H,6-9,12H2,1-5H3;9-10,15,21H,5-8,11H2,1-4H3;1H3. The summed E-state index contributed by atoms with van der Waals surface area (Å²) in [5.41, 5.74) is 6.93. The van der Waals surface area contributed by atoms with Crippen LogP contribution in [-0.4, -0.2) is 77.6 Å². The summed E-state index contributed by atoms with van der Waals surface area (Å²) in [6.45, 7) is 17.2. The molecule has 2 aromatic rings. The largest absolute Gasteiger partial charge is 0.507 e. The van der Waals surface area contributed by atoms with E-state index in [4.69, 9.17) is 52.2 Å². The fourth-order valence-corrected chi connectivity index (χ4v) is 8.87. The number of aliphatic hydroxyl groups excluding tert-OH is 1. The third-order valence-corrected chi connectivity index (χ3v) is 11.4. The molecule has 13 heteroatoms. The van der Waals surface area contributed by atoms with Crippen LogP contribution in [0.2, 0.25) is 0 Å². The van der Waals surface area contributed by atoms with Crippen molar-refractivity contribution < 1.29 is 47.9 Å². The number of halogens is 1. The van der Waals surface area contributed by atoms with E-state index in [1.165, 1.54) is 14.2 Å². The highest BCUT2D eigenvalue weighted by molar-refractivity contribution is 7.82. The molecule has 4 unspecified atom stereocenters. The molecular weight excluding hydrogens is 788 g/mol. The average Bonchev–Trinajstić information content (AvgIpc) is 3.51. The van der Waals surface area contributed by atoms with E-state index in [1.807, 2.05) is 67.5 Å². The van der Waals surface area contributed by atoms with Crippen molar-refractivity contribution in [2.75, 3.05) is 27.4 Å². The third-order valence-electron chi connectivity index (χ3n) is 10.8. The van der Waals surface area contributed by atoms with Gasteiger partial charge in [-0.2, -0.15) is 0 Å². The molecule has 2 aromatic carbocycles. The molecule has 2 aliphatic heterocycles. The molecule has 0 amide bonds. The molecule has 4 aliphatic rings. The molecule has 0 aromatic heterocycles. The van der Waals surface area contributed by atoms with Gasteiger partial charge in [0, 0.05) is 38.3 Å². The number of aryl methyl sites for hydroxylation is 6. The number of methoxy groups -OCH3 is 2. The molecule has 2 fully saturated rings. The molecule has 0 bridgehead atoms. The van der Waals surface area contributed by atoms with E-state index in [0.717, 1.165) is 70.2 Å². The van der Waals surface area contributed by atoms with E-state index >= 15 is 0 Å². The van der Waals surface area contributed by atoms with E-state index in [-0.39, 0.29) is 33.7 Å². The second kappa shape index (κ2) is 19.9. The van der Waals surface area contributed by atoms with Crippen molar-refractivity contribution in [1.29, 1.82) is 0 Å². The first-order valence-corrected chi connectivity index (χ1v) is 20.7. The molecule has 6 rings (SSSR count). The number of carbonyl (C=O) groups is 2. The number of hydrogen-bond acceptors (Lipinski definition) is 12. The summed E-state index contributed by atoms with van der Waals surface area (Å²) in [6, 6.07) is 8.18. The SMILES string of the molecule is CCOC1CCCC2(C1)OC(=O)C(c1c(C)cc(C)cc1C)=C2O.CCOC1CCCC2(C1)OC(=O)C(c1c(C)cc(C)cc1C)=C2OC(=S)OC.COC(=S)Cl. The minimum atomic E-state index is -0.908. The highest BCUT2D eigenvalue weighted by Gasteiger charge is 2.54. The maximum atomic E-state index is 13.1. The van der Waals surface area contributed by atoms with Gasteiger partial charge in [-0.3, -0.25) is 0 Å². The summed E-state index contributed by atoms with van der Waals surface area (Å²) in [7, 11) is 2.88. The van der Waals surface area contributed by atoms with Crippen molar-refractivity contribution >= 4 is 68.9 Å². The topological polar surface area (TPSA) is 119 Å². The second-order valence-electron chi connectivity index (χ2n) is 15.1. The maximum Gasteiger partial charge on any atom is 0.357 e. The van der Waals surface area contributed by atoms with Gasteiger partial charge in [-0.25, -0.2) is 9.59 Å². The van der Waals surface area contributed by atoms with Crippen LogP contribution in [0.25, 0.3) is 11.1 Å². The Morgan fingerprint density at radius 2 is 1.14 bits per heavy atom. The minimum Gasteiger partial charge on any atom is -0.507 e. The highest BCUT2D eigenvalue weighted by atomic mass is 35.5. The van der Waals surface area contributed by atoms with E-state index in [1.54, 1.807) is 0 Å². The highest BCUT2D eigenvalue weighted by Crippen LogP contribution is 2.49. The Morgan fingerprint density at radius 3 is 1.58 bits per heavy atom. The zero-order valence-corrected chi connectivity index (χ0v) is 37.2. The van der Waals surface area contributed by atoms with Crippen molar-refractivity contribution in [2.24, 2.45) is 0 Å². The average molecular weight is 846 g/mol. The molecule has 0 saturated heterocycles. The van der Waals surface area contributed by atoms with Crippen LogP contribution in [0.4, 0.5) is 0 Å². The van der Waals surface area contributed by atoms with Gasteiger partial charge in [-0.15, -0.1) is 0 Å². The minimum absolute atomic E-state index is 0.0147. The zero-order valence-electron chi connectivity index (χ0n) is 34.9. The summed E-state index contributed by atoms with van der Waals surface area (Å²) in [6.07, 6.45) is 6.10. The van der Waals surface area contributed by atoms with Crippen LogP contribution in [0.5, 0.6) is 0 Å². The van der Waals surface area contributed by atoms with Crippen molar-refractivity contribution in [3.63, 3.8) is 0 Å². The van der Waals surface area contributed by atoms with Gasteiger partial charge in [-0.05, 0) is 151 Å². The van der Waals surface area contributed by atoms with Gasteiger partial charge in [0.15, 0.2) is 22.7 Å². The Labute approximate surface area is 353 Å². The summed E-state index contributed by atoms with van der Waals surface area (Å²) >= 11 is 14.4. The molecule has 312 valence electrons. The molecule has 0 radical (unpaired) electrons. The molecule has 10 nitrogen and oxygen atoms in total. The lowest BCUT2D eigenvalue weighted by Gasteiger charge is -2.37. The van der Waals surface area contributed by atoms with Crippen molar-refractivity contribution in [2.45, 2.75) is 130 Å².